The first kappa shape index (κ1) is 16.3. The average molecular weight is 310 g/mol. The van der Waals surface area contributed by atoms with E-state index in [4.69, 9.17) is 5.73 Å². The molecule has 1 fully saturated rings. The summed E-state index contributed by atoms with van der Waals surface area (Å²) in [6.45, 7) is 9.81. The lowest BCUT2D eigenvalue weighted by Crippen LogP contribution is -2.38. The van der Waals surface area contributed by atoms with Crippen LogP contribution in [0.4, 0.5) is 5.69 Å². The molecule has 1 aliphatic rings. The fourth-order valence-electron chi connectivity index (χ4n) is 3.38. The zero-order chi connectivity index (χ0) is 15.9. The number of nitrogens with one attached hydrogen (secondary N) is 1. The molecule has 0 aliphatic heterocycles. The summed E-state index contributed by atoms with van der Waals surface area (Å²) in [4.78, 5) is 0.345. The minimum Gasteiger partial charge on any atom is -0.398 e. The van der Waals surface area contributed by atoms with Crippen molar-refractivity contribution in [2.75, 3.05) is 5.73 Å². The van der Waals surface area contributed by atoms with Crippen molar-refractivity contribution in [3.8, 4) is 0 Å². The lowest BCUT2D eigenvalue weighted by atomic mass is 9.98. The van der Waals surface area contributed by atoms with Crippen LogP contribution in [0.1, 0.15) is 43.4 Å². The molecule has 1 aromatic rings. The fourth-order valence-corrected chi connectivity index (χ4v) is 5.23. The Bertz CT molecular complexity index is 653. The quantitative estimate of drug-likeness (QED) is 0.843. The van der Waals surface area contributed by atoms with Crippen LogP contribution in [0.25, 0.3) is 0 Å². The summed E-state index contributed by atoms with van der Waals surface area (Å²) in [6.07, 6.45) is 1.98. The van der Waals surface area contributed by atoms with Crippen LogP contribution in [-0.2, 0) is 10.0 Å². The monoisotopic (exact) mass is 310 g/mol. The molecule has 0 heterocycles. The number of rotatable bonds is 3. The van der Waals surface area contributed by atoms with Gasteiger partial charge in [0.1, 0.15) is 0 Å². The molecule has 0 bridgehead atoms. The molecule has 0 aromatic heterocycles. The second kappa shape index (κ2) is 5.61. The number of anilines is 1. The Morgan fingerprint density at radius 3 is 2.29 bits per heavy atom. The van der Waals surface area contributed by atoms with Crippen LogP contribution in [0.5, 0.6) is 0 Å². The van der Waals surface area contributed by atoms with Crippen LogP contribution < -0.4 is 10.5 Å². The first-order chi connectivity index (χ1) is 9.65. The van der Waals surface area contributed by atoms with Crippen LogP contribution >= 0.6 is 0 Å². The largest absolute Gasteiger partial charge is 0.398 e. The maximum Gasteiger partial charge on any atom is 0.241 e. The molecular formula is C16H26N2O2S. The third kappa shape index (κ3) is 2.94. The molecule has 1 aromatic carbocycles. The van der Waals surface area contributed by atoms with Gasteiger partial charge in [-0.05, 0) is 62.1 Å². The van der Waals surface area contributed by atoms with Gasteiger partial charge in [0.15, 0.2) is 0 Å². The summed E-state index contributed by atoms with van der Waals surface area (Å²) in [5.41, 5.74) is 8.91. The number of hydrogen-bond acceptors (Lipinski definition) is 3. The lowest BCUT2D eigenvalue weighted by molar-refractivity contribution is 0.402. The van der Waals surface area contributed by atoms with E-state index in [9.17, 15) is 8.42 Å². The van der Waals surface area contributed by atoms with E-state index < -0.39 is 10.0 Å². The van der Waals surface area contributed by atoms with Crippen molar-refractivity contribution in [2.45, 2.75) is 58.4 Å². The summed E-state index contributed by atoms with van der Waals surface area (Å²) in [6, 6.07) is 1.86. The maximum absolute atomic E-state index is 12.8. The van der Waals surface area contributed by atoms with Gasteiger partial charge in [0.05, 0.1) is 4.90 Å². The summed E-state index contributed by atoms with van der Waals surface area (Å²) >= 11 is 0. The molecule has 118 valence electrons. The zero-order valence-electron chi connectivity index (χ0n) is 13.5. The van der Waals surface area contributed by atoms with E-state index in [1.54, 1.807) is 6.92 Å². The standard InChI is InChI=1S/C16H26N2O2S/c1-9-6-7-14(12(9)4)18-21(19,20)16-11(3)8-10(2)15(17)13(16)5/h8-9,12,14,18H,6-7,17H2,1-5H3. The Morgan fingerprint density at radius 1 is 1.14 bits per heavy atom. The maximum atomic E-state index is 12.8. The summed E-state index contributed by atoms with van der Waals surface area (Å²) in [7, 11) is -3.53. The van der Waals surface area contributed by atoms with Crippen LogP contribution in [0.3, 0.4) is 0 Å². The fraction of sp³-hybridized carbons (Fsp3) is 0.625. The van der Waals surface area contributed by atoms with E-state index in [1.165, 1.54) is 0 Å². The van der Waals surface area contributed by atoms with Crippen molar-refractivity contribution in [1.29, 1.82) is 0 Å². The molecule has 3 unspecified atom stereocenters. The number of nitrogens with two attached hydrogens (primary N) is 1. The topological polar surface area (TPSA) is 72.2 Å². The van der Waals surface area contributed by atoms with Gasteiger partial charge in [-0.1, -0.05) is 19.9 Å². The molecular weight excluding hydrogens is 284 g/mol. The summed E-state index contributed by atoms with van der Waals surface area (Å²) in [5.74, 6) is 0.922. The number of hydrogen-bond donors (Lipinski definition) is 2. The zero-order valence-corrected chi connectivity index (χ0v) is 14.3. The minimum absolute atomic E-state index is 0.0197. The van der Waals surface area contributed by atoms with Crippen molar-refractivity contribution >= 4 is 15.7 Å². The molecule has 21 heavy (non-hydrogen) atoms. The van der Waals surface area contributed by atoms with E-state index in [1.807, 2.05) is 19.9 Å². The van der Waals surface area contributed by atoms with Crippen molar-refractivity contribution < 1.29 is 8.42 Å². The third-order valence-corrected chi connectivity index (χ3v) is 6.78. The highest BCUT2D eigenvalue weighted by molar-refractivity contribution is 7.89. The third-order valence-electron chi connectivity index (χ3n) is 5.00. The predicted octanol–water partition coefficient (Wildman–Crippen LogP) is 2.91. The normalized spacial score (nSPS) is 26.2. The molecule has 2 rings (SSSR count). The number of aryl methyl sites for hydroxylation is 2. The Kier molecular flexibility index (Phi) is 4.36. The molecule has 0 saturated heterocycles. The highest BCUT2D eigenvalue weighted by atomic mass is 32.2. The first-order valence-electron chi connectivity index (χ1n) is 7.53. The van der Waals surface area contributed by atoms with E-state index in [0.29, 0.717) is 28.0 Å². The van der Waals surface area contributed by atoms with Crippen LogP contribution in [0.15, 0.2) is 11.0 Å². The van der Waals surface area contributed by atoms with Crippen molar-refractivity contribution in [3.63, 3.8) is 0 Å². The van der Waals surface area contributed by atoms with Gasteiger partial charge in [-0.15, -0.1) is 0 Å². The summed E-state index contributed by atoms with van der Waals surface area (Å²) < 4.78 is 28.5. The van der Waals surface area contributed by atoms with Gasteiger partial charge in [0, 0.05) is 11.7 Å². The SMILES string of the molecule is Cc1cc(C)c(S(=O)(=O)NC2CCC(C)C2C)c(C)c1N. The van der Waals surface area contributed by atoms with Gasteiger partial charge in [-0.2, -0.15) is 0 Å². The molecule has 5 heteroatoms. The van der Waals surface area contributed by atoms with Crippen LogP contribution in [-0.4, -0.2) is 14.5 Å². The van der Waals surface area contributed by atoms with Gasteiger partial charge in [-0.25, -0.2) is 13.1 Å². The van der Waals surface area contributed by atoms with Gasteiger partial charge < -0.3 is 5.73 Å². The lowest BCUT2D eigenvalue weighted by Gasteiger charge is -2.22. The molecule has 3 atom stereocenters. The van der Waals surface area contributed by atoms with Crippen LogP contribution in [0.2, 0.25) is 0 Å². The highest BCUT2D eigenvalue weighted by Gasteiger charge is 2.34. The molecule has 4 nitrogen and oxygen atoms in total. The van der Waals surface area contributed by atoms with E-state index >= 15 is 0 Å². The molecule has 1 aliphatic carbocycles. The van der Waals surface area contributed by atoms with Gasteiger partial charge in [0.2, 0.25) is 10.0 Å². The van der Waals surface area contributed by atoms with Crippen molar-refractivity contribution in [2.24, 2.45) is 11.8 Å². The predicted molar refractivity (Wildman–Crippen MR) is 86.7 cm³/mol. The van der Waals surface area contributed by atoms with E-state index in [2.05, 4.69) is 18.6 Å². The smallest absolute Gasteiger partial charge is 0.241 e. The Hall–Kier alpha value is -1.07. The Labute approximate surface area is 128 Å². The van der Waals surface area contributed by atoms with Crippen LogP contribution in [0, 0.1) is 32.6 Å². The Morgan fingerprint density at radius 2 is 1.76 bits per heavy atom. The molecule has 1 saturated carbocycles. The van der Waals surface area contributed by atoms with E-state index in [-0.39, 0.29) is 6.04 Å². The van der Waals surface area contributed by atoms with Gasteiger partial charge >= 0.3 is 0 Å². The molecule has 0 radical (unpaired) electrons. The molecule has 3 N–H and O–H groups in total. The number of sulfonamides is 1. The van der Waals surface area contributed by atoms with Crippen molar-refractivity contribution in [3.05, 3.63) is 22.8 Å². The van der Waals surface area contributed by atoms with Gasteiger partial charge in [-0.3, -0.25) is 0 Å². The first-order valence-corrected chi connectivity index (χ1v) is 9.02. The van der Waals surface area contributed by atoms with E-state index in [0.717, 1.165) is 24.0 Å². The second-order valence-electron chi connectivity index (χ2n) is 6.52. The van der Waals surface area contributed by atoms with Gasteiger partial charge in [0.25, 0.3) is 0 Å². The molecule has 0 amide bonds. The number of benzene rings is 1. The Balaban J connectivity index is 2.39. The number of nitrogen functional groups attached to an aromatic ring is 1. The second-order valence-corrected chi connectivity index (χ2v) is 8.17. The van der Waals surface area contributed by atoms with Crippen molar-refractivity contribution in [1.82, 2.24) is 4.72 Å². The molecule has 0 spiro atoms. The minimum atomic E-state index is -3.53. The summed E-state index contributed by atoms with van der Waals surface area (Å²) in [5, 5.41) is 0. The highest BCUT2D eigenvalue weighted by Crippen LogP contribution is 2.33. The average Bonchev–Trinajstić information content (AvgIpc) is 2.67.